The molecule has 0 spiro atoms. The van der Waals surface area contributed by atoms with Crippen molar-refractivity contribution in [2.75, 3.05) is 20.2 Å². The molecule has 1 fully saturated rings. The van der Waals surface area contributed by atoms with Crippen molar-refractivity contribution in [3.8, 4) is 5.75 Å². The molecule has 0 aliphatic carbocycles. The molecule has 1 unspecified atom stereocenters. The summed E-state index contributed by atoms with van der Waals surface area (Å²) < 4.78 is 5.38. The van der Waals surface area contributed by atoms with E-state index < -0.39 is 6.04 Å². The maximum atomic E-state index is 12.9. The van der Waals surface area contributed by atoms with Gasteiger partial charge in [-0.2, -0.15) is 0 Å². The highest BCUT2D eigenvalue weighted by Gasteiger charge is 2.28. The Bertz CT molecular complexity index is 1110. The third-order valence-corrected chi connectivity index (χ3v) is 6.12. The van der Waals surface area contributed by atoms with E-state index in [1.54, 1.807) is 20.1 Å². The van der Waals surface area contributed by atoms with Crippen LogP contribution in [-0.2, 0) is 9.59 Å². The van der Waals surface area contributed by atoms with Gasteiger partial charge in [0.25, 0.3) is 0 Å². The summed E-state index contributed by atoms with van der Waals surface area (Å²) in [4.78, 5) is 30.3. The molecule has 0 radical (unpaired) electrons. The summed E-state index contributed by atoms with van der Waals surface area (Å²) in [6.07, 6.45) is 7.08. The van der Waals surface area contributed by atoms with Gasteiger partial charge in [0.05, 0.1) is 7.11 Å². The highest BCUT2D eigenvalue weighted by Crippen LogP contribution is 2.34. The number of benzene rings is 2. The quantitative estimate of drug-likeness (QED) is 0.577. The molecule has 4 rings (SSSR count). The van der Waals surface area contributed by atoms with Crippen LogP contribution in [0.15, 0.2) is 60.8 Å². The van der Waals surface area contributed by atoms with Crippen molar-refractivity contribution < 1.29 is 14.3 Å². The van der Waals surface area contributed by atoms with Gasteiger partial charge in [-0.25, -0.2) is 0 Å². The van der Waals surface area contributed by atoms with E-state index >= 15 is 0 Å². The van der Waals surface area contributed by atoms with E-state index in [1.165, 1.54) is 17.0 Å². The molecule has 1 atom stereocenters. The first-order chi connectivity index (χ1) is 15.5. The zero-order chi connectivity index (χ0) is 22.5. The number of hydrogen-bond donors (Lipinski definition) is 2. The summed E-state index contributed by atoms with van der Waals surface area (Å²) in [7, 11) is 1.68. The summed E-state index contributed by atoms with van der Waals surface area (Å²) in [6, 6.07) is 15.1. The second-order valence-corrected chi connectivity index (χ2v) is 8.23. The van der Waals surface area contributed by atoms with Gasteiger partial charge in [-0.15, -0.1) is 0 Å². The third-order valence-electron chi connectivity index (χ3n) is 6.12. The molecule has 3 aromatic rings. The van der Waals surface area contributed by atoms with Crippen LogP contribution in [0.5, 0.6) is 5.75 Å². The van der Waals surface area contributed by atoms with Gasteiger partial charge in [-0.05, 0) is 61.1 Å². The van der Waals surface area contributed by atoms with Crippen molar-refractivity contribution in [3.63, 3.8) is 0 Å². The Kier molecular flexibility index (Phi) is 6.59. The molecule has 6 heteroatoms. The fourth-order valence-electron chi connectivity index (χ4n) is 4.33. The number of rotatable bonds is 6. The molecular formula is C26H29N3O3. The first-order valence-corrected chi connectivity index (χ1v) is 11.0. The molecule has 1 aromatic heterocycles. The van der Waals surface area contributed by atoms with E-state index in [4.69, 9.17) is 4.74 Å². The second-order valence-electron chi connectivity index (χ2n) is 8.23. The number of likely N-dealkylation sites (tertiary alicyclic amines) is 1. The molecule has 1 saturated heterocycles. The molecule has 166 valence electrons. The SMILES string of the molecule is COc1ccc2[nH]cc(C3CCN(C(=O)C(C)NC(=O)/C=C/c4ccccc4)CC3)c2c1. The van der Waals surface area contributed by atoms with Crippen molar-refractivity contribution >= 4 is 28.8 Å². The lowest BCUT2D eigenvalue weighted by Crippen LogP contribution is -2.48. The van der Waals surface area contributed by atoms with Crippen molar-refractivity contribution in [3.05, 3.63) is 71.9 Å². The summed E-state index contributed by atoms with van der Waals surface area (Å²) in [5, 5.41) is 3.97. The first-order valence-electron chi connectivity index (χ1n) is 11.0. The lowest BCUT2D eigenvalue weighted by molar-refractivity contribution is -0.136. The summed E-state index contributed by atoms with van der Waals surface area (Å²) in [5.41, 5.74) is 3.32. The normalized spacial score (nSPS) is 15.8. The number of ether oxygens (including phenoxy) is 1. The van der Waals surface area contributed by atoms with E-state index in [-0.39, 0.29) is 11.8 Å². The fraction of sp³-hybridized carbons (Fsp3) is 0.308. The van der Waals surface area contributed by atoms with Crippen LogP contribution in [0.25, 0.3) is 17.0 Å². The molecule has 2 amide bonds. The molecule has 32 heavy (non-hydrogen) atoms. The molecule has 2 heterocycles. The van der Waals surface area contributed by atoms with Crippen LogP contribution in [0.2, 0.25) is 0 Å². The third kappa shape index (κ3) is 4.85. The lowest BCUT2D eigenvalue weighted by atomic mass is 9.89. The van der Waals surface area contributed by atoms with Crippen LogP contribution >= 0.6 is 0 Å². The number of methoxy groups -OCH3 is 1. The van der Waals surface area contributed by atoms with E-state index in [0.717, 1.165) is 29.7 Å². The number of carbonyl (C=O) groups excluding carboxylic acids is 2. The van der Waals surface area contributed by atoms with Gasteiger partial charge in [0.2, 0.25) is 11.8 Å². The monoisotopic (exact) mass is 431 g/mol. The van der Waals surface area contributed by atoms with Gasteiger partial charge >= 0.3 is 0 Å². The molecule has 2 aromatic carbocycles. The van der Waals surface area contributed by atoms with Gasteiger partial charge in [0.1, 0.15) is 11.8 Å². The number of aromatic amines is 1. The lowest BCUT2D eigenvalue weighted by Gasteiger charge is -2.33. The largest absolute Gasteiger partial charge is 0.497 e. The molecule has 0 bridgehead atoms. The topological polar surface area (TPSA) is 74.4 Å². The number of hydrogen-bond acceptors (Lipinski definition) is 3. The summed E-state index contributed by atoms with van der Waals surface area (Å²) >= 11 is 0. The molecule has 1 aliphatic rings. The van der Waals surface area contributed by atoms with E-state index in [1.807, 2.05) is 47.4 Å². The molecule has 2 N–H and O–H groups in total. The number of aromatic nitrogens is 1. The van der Waals surface area contributed by atoms with Gasteiger partial charge < -0.3 is 19.9 Å². The standard InChI is InChI=1S/C26H29N3O3/c1-18(28-25(30)11-8-19-6-4-3-5-7-19)26(31)29-14-12-20(13-15-29)23-17-27-24-10-9-21(32-2)16-22(23)24/h3-11,16-18,20,27H,12-15H2,1-2H3,(H,28,30)/b11-8+. The minimum atomic E-state index is -0.558. The minimum absolute atomic E-state index is 0.0366. The fourth-order valence-corrected chi connectivity index (χ4v) is 4.33. The zero-order valence-electron chi connectivity index (χ0n) is 18.5. The maximum absolute atomic E-state index is 12.9. The average Bonchev–Trinajstić information content (AvgIpc) is 3.26. The number of fused-ring (bicyclic) bond motifs is 1. The van der Waals surface area contributed by atoms with Crippen molar-refractivity contribution in [2.45, 2.75) is 31.7 Å². The number of nitrogens with one attached hydrogen (secondary N) is 2. The Morgan fingerprint density at radius 3 is 2.62 bits per heavy atom. The molecule has 0 saturated carbocycles. The smallest absolute Gasteiger partial charge is 0.244 e. The van der Waals surface area contributed by atoms with Crippen molar-refractivity contribution in [1.82, 2.24) is 15.2 Å². The van der Waals surface area contributed by atoms with Crippen molar-refractivity contribution in [1.29, 1.82) is 0 Å². The predicted molar refractivity (Wildman–Crippen MR) is 126 cm³/mol. The Hall–Kier alpha value is -3.54. The van der Waals surface area contributed by atoms with Crippen LogP contribution in [0, 0.1) is 0 Å². The molecular weight excluding hydrogens is 402 g/mol. The highest BCUT2D eigenvalue weighted by atomic mass is 16.5. The van der Waals surface area contributed by atoms with Gasteiger partial charge in [0, 0.05) is 36.3 Å². The summed E-state index contributed by atoms with van der Waals surface area (Å²) in [5.74, 6) is 0.929. The number of carbonyl (C=O) groups is 2. The Morgan fingerprint density at radius 1 is 1.16 bits per heavy atom. The minimum Gasteiger partial charge on any atom is -0.497 e. The van der Waals surface area contributed by atoms with Gasteiger partial charge in [-0.3, -0.25) is 9.59 Å². The number of H-pyrrole nitrogens is 1. The Balaban J connectivity index is 1.32. The van der Waals surface area contributed by atoms with Gasteiger partial charge in [-0.1, -0.05) is 30.3 Å². The predicted octanol–water partition coefficient (Wildman–Crippen LogP) is 4.10. The maximum Gasteiger partial charge on any atom is 0.244 e. The van der Waals surface area contributed by atoms with Gasteiger partial charge in [0.15, 0.2) is 0 Å². The molecule has 6 nitrogen and oxygen atoms in total. The van der Waals surface area contributed by atoms with Crippen LogP contribution in [0.4, 0.5) is 0 Å². The number of nitrogens with zero attached hydrogens (tertiary/aromatic N) is 1. The Labute approximate surface area is 188 Å². The zero-order valence-corrected chi connectivity index (χ0v) is 18.5. The Morgan fingerprint density at radius 2 is 1.91 bits per heavy atom. The summed E-state index contributed by atoms with van der Waals surface area (Å²) in [6.45, 7) is 3.11. The number of piperidine rings is 1. The van der Waals surface area contributed by atoms with Crippen LogP contribution in [0.3, 0.4) is 0 Å². The first kappa shape index (κ1) is 21.7. The number of amides is 2. The van der Waals surface area contributed by atoms with Crippen molar-refractivity contribution in [2.24, 2.45) is 0 Å². The van der Waals surface area contributed by atoms with Crippen LogP contribution in [0.1, 0.15) is 36.8 Å². The van der Waals surface area contributed by atoms with E-state index in [9.17, 15) is 9.59 Å². The van der Waals surface area contributed by atoms with E-state index in [0.29, 0.717) is 19.0 Å². The second kappa shape index (κ2) is 9.73. The van der Waals surface area contributed by atoms with Crippen LogP contribution in [-0.4, -0.2) is 47.9 Å². The van der Waals surface area contributed by atoms with Crippen LogP contribution < -0.4 is 10.1 Å². The average molecular weight is 432 g/mol. The van der Waals surface area contributed by atoms with E-state index in [2.05, 4.69) is 22.6 Å². The molecule has 1 aliphatic heterocycles. The highest BCUT2D eigenvalue weighted by molar-refractivity contribution is 5.95.